The number of likely N-dealkylation sites (N-methyl/N-ethyl adjacent to an activating group) is 1. The molecule has 0 radical (unpaired) electrons. The van der Waals surface area contributed by atoms with Crippen molar-refractivity contribution in [1.82, 2.24) is 10.2 Å². The molecule has 3 rings (SSSR count). The van der Waals surface area contributed by atoms with E-state index in [9.17, 15) is 22.4 Å². The average Bonchev–Trinajstić information content (AvgIpc) is 2.85. The predicted molar refractivity (Wildman–Crippen MR) is 141 cm³/mol. The first-order valence-corrected chi connectivity index (χ1v) is 13.8. The third-order valence-electron chi connectivity index (χ3n) is 5.58. The first-order valence-electron chi connectivity index (χ1n) is 11.1. The summed E-state index contributed by atoms with van der Waals surface area (Å²) in [6.07, 6.45) is 1.23. The number of amides is 2. The van der Waals surface area contributed by atoms with Gasteiger partial charge in [0.1, 0.15) is 18.4 Å². The second-order valence-corrected chi connectivity index (χ2v) is 11.0. The number of hydrogen-bond acceptors (Lipinski definition) is 4. The SMILES string of the molecule is CNC(=O)C(Cc1ccccc1)N(Cc1ccc(F)cc1)C(=O)CN(c1ccccc1Br)S(C)(=O)=O. The lowest BCUT2D eigenvalue weighted by Gasteiger charge is -2.33. The van der Waals surface area contributed by atoms with E-state index in [0.717, 1.165) is 16.1 Å². The van der Waals surface area contributed by atoms with Crippen LogP contribution in [0.1, 0.15) is 11.1 Å². The minimum absolute atomic E-state index is 0.0163. The highest BCUT2D eigenvalue weighted by Crippen LogP contribution is 2.28. The molecule has 1 atom stereocenters. The van der Waals surface area contributed by atoms with Gasteiger partial charge in [0.2, 0.25) is 21.8 Å². The van der Waals surface area contributed by atoms with Crippen LogP contribution in [-0.4, -0.2) is 51.0 Å². The average molecular weight is 576 g/mol. The van der Waals surface area contributed by atoms with Crippen molar-refractivity contribution in [1.29, 1.82) is 0 Å². The van der Waals surface area contributed by atoms with Gasteiger partial charge in [-0.2, -0.15) is 0 Å². The number of carbonyl (C=O) groups excluding carboxylic acids is 2. The summed E-state index contributed by atoms with van der Waals surface area (Å²) in [5.41, 5.74) is 1.72. The zero-order valence-electron chi connectivity index (χ0n) is 19.9. The molecule has 0 aliphatic carbocycles. The number of sulfonamides is 1. The van der Waals surface area contributed by atoms with Crippen LogP contribution >= 0.6 is 15.9 Å². The van der Waals surface area contributed by atoms with Gasteiger partial charge in [-0.05, 0) is 51.3 Å². The van der Waals surface area contributed by atoms with Gasteiger partial charge in [0.05, 0.1) is 11.9 Å². The van der Waals surface area contributed by atoms with Crippen LogP contribution in [0, 0.1) is 5.82 Å². The van der Waals surface area contributed by atoms with Gasteiger partial charge in [0.25, 0.3) is 0 Å². The molecule has 1 N–H and O–H groups in total. The van der Waals surface area contributed by atoms with Gasteiger partial charge >= 0.3 is 0 Å². The van der Waals surface area contributed by atoms with Crippen molar-refractivity contribution >= 4 is 43.5 Å². The number of rotatable bonds is 10. The van der Waals surface area contributed by atoms with Crippen LogP contribution in [0.5, 0.6) is 0 Å². The number of anilines is 1. The van der Waals surface area contributed by atoms with Crippen LogP contribution in [0.4, 0.5) is 10.1 Å². The molecule has 0 spiro atoms. The van der Waals surface area contributed by atoms with Crippen molar-refractivity contribution in [3.8, 4) is 0 Å². The van der Waals surface area contributed by atoms with E-state index in [-0.39, 0.29) is 13.0 Å². The van der Waals surface area contributed by atoms with Crippen molar-refractivity contribution in [3.05, 3.63) is 100 Å². The standard InChI is InChI=1S/C26H27BrFN3O4S/c1-29-26(33)24(16-19-8-4-3-5-9-19)30(17-20-12-14-21(28)15-13-20)25(32)18-31(36(2,34)35)23-11-7-6-10-22(23)27/h3-15,24H,16-18H2,1-2H3,(H,29,33). The summed E-state index contributed by atoms with van der Waals surface area (Å²) in [6.45, 7) is -0.539. The van der Waals surface area contributed by atoms with Crippen molar-refractivity contribution in [2.75, 3.05) is 24.2 Å². The lowest BCUT2D eigenvalue weighted by molar-refractivity contribution is -0.139. The molecule has 7 nitrogen and oxygen atoms in total. The molecule has 0 bridgehead atoms. The number of para-hydroxylation sites is 1. The lowest BCUT2D eigenvalue weighted by atomic mass is 10.0. The Balaban J connectivity index is 2.03. The Morgan fingerprint density at radius 3 is 2.14 bits per heavy atom. The van der Waals surface area contributed by atoms with Gasteiger partial charge in [-0.15, -0.1) is 0 Å². The number of nitrogens with one attached hydrogen (secondary N) is 1. The molecule has 190 valence electrons. The van der Waals surface area contributed by atoms with Crippen molar-refractivity contribution < 1.29 is 22.4 Å². The second kappa shape index (κ2) is 12.1. The number of nitrogens with zero attached hydrogens (tertiary/aromatic N) is 2. The fraction of sp³-hybridized carbons (Fsp3) is 0.231. The normalized spacial score (nSPS) is 12.0. The molecule has 0 aliphatic heterocycles. The molecule has 36 heavy (non-hydrogen) atoms. The topological polar surface area (TPSA) is 86.8 Å². The Hall–Kier alpha value is -3.24. The zero-order valence-corrected chi connectivity index (χ0v) is 22.3. The van der Waals surface area contributed by atoms with E-state index in [0.29, 0.717) is 15.7 Å². The number of halogens is 2. The van der Waals surface area contributed by atoms with E-state index in [1.54, 1.807) is 24.3 Å². The summed E-state index contributed by atoms with van der Waals surface area (Å²) in [6, 6.07) is 20.5. The molecular weight excluding hydrogens is 549 g/mol. The van der Waals surface area contributed by atoms with Gasteiger partial charge in [-0.1, -0.05) is 54.6 Å². The summed E-state index contributed by atoms with van der Waals surface area (Å²) < 4.78 is 40.4. The molecule has 0 fully saturated rings. The molecule has 0 saturated carbocycles. The highest BCUT2D eigenvalue weighted by molar-refractivity contribution is 9.10. The Bertz CT molecular complexity index is 1300. The van der Waals surface area contributed by atoms with E-state index in [1.807, 2.05) is 30.3 Å². The van der Waals surface area contributed by atoms with Gasteiger partial charge in [-0.25, -0.2) is 12.8 Å². The maximum absolute atomic E-state index is 13.8. The van der Waals surface area contributed by atoms with E-state index in [2.05, 4.69) is 21.2 Å². The monoisotopic (exact) mass is 575 g/mol. The fourth-order valence-corrected chi connectivity index (χ4v) is 5.23. The van der Waals surface area contributed by atoms with Crippen LogP contribution in [0.25, 0.3) is 0 Å². The molecular formula is C26H27BrFN3O4S. The molecule has 0 heterocycles. The Kier molecular flexibility index (Phi) is 9.22. The summed E-state index contributed by atoms with van der Waals surface area (Å²) in [5, 5.41) is 2.61. The van der Waals surface area contributed by atoms with Crippen LogP contribution in [0.3, 0.4) is 0 Å². The maximum Gasteiger partial charge on any atom is 0.244 e. The third-order valence-corrected chi connectivity index (χ3v) is 7.38. The molecule has 0 aromatic heterocycles. The lowest BCUT2D eigenvalue weighted by Crippen LogP contribution is -2.52. The van der Waals surface area contributed by atoms with E-state index in [1.165, 1.54) is 36.2 Å². The molecule has 10 heteroatoms. The van der Waals surface area contributed by atoms with Crippen LogP contribution in [0.15, 0.2) is 83.3 Å². The number of carbonyl (C=O) groups is 2. The minimum Gasteiger partial charge on any atom is -0.357 e. The molecule has 0 saturated heterocycles. The van der Waals surface area contributed by atoms with E-state index < -0.39 is 40.2 Å². The quantitative estimate of drug-likeness (QED) is 0.399. The van der Waals surface area contributed by atoms with Gasteiger partial charge in [0, 0.05) is 24.5 Å². The smallest absolute Gasteiger partial charge is 0.244 e. The van der Waals surface area contributed by atoms with E-state index >= 15 is 0 Å². The molecule has 3 aromatic rings. The molecule has 1 unspecified atom stereocenters. The first-order chi connectivity index (χ1) is 17.1. The molecule has 3 aromatic carbocycles. The Morgan fingerprint density at radius 1 is 0.944 bits per heavy atom. The van der Waals surface area contributed by atoms with Crippen molar-refractivity contribution in [2.45, 2.75) is 19.0 Å². The van der Waals surface area contributed by atoms with Crippen LogP contribution in [0.2, 0.25) is 0 Å². The van der Waals surface area contributed by atoms with Crippen LogP contribution < -0.4 is 9.62 Å². The van der Waals surface area contributed by atoms with Gasteiger partial charge < -0.3 is 10.2 Å². The number of hydrogen-bond donors (Lipinski definition) is 1. The van der Waals surface area contributed by atoms with Gasteiger partial charge in [0.15, 0.2) is 0 Å². The Labute approximate surface area is 219 Å². The minimum atomic E-state index is -3.85. The summed E-state index contributed by atoms with van der Waals surface area (Å²) in [4.78, 5) is 28.1. The van der Waals surface area contributed by atoms with Gasteiger partial charge in [-0.3, -0.25) is 13.9 Å². The summed E-state index contributed by atoms with van der Waals surface area (Å²) in [5.74, 6) is -1.41. The predicted octanol–water partition coefficient (Wildman–Crippen LogP) is 3.74. The van der Waals surface area contributed by atoms with Crippen molar-refractivity contribution in [3.63, 3.8) is 0 Å². The number of benzene rings is 3. The zero-order chi connectivity index (χ0) is 26.3. The fourth-order valence-electron chi connectivity index (χ4n) is 3.76. The molecule has 0 aliphatic rings. The second-order valence-electron chi connectivity index (χ2n) is 8.19. The van der Waals surface area contributed by atoms with E-state index in [4.69, 9.17) is 0 Å². The molecule has 2 amide bonds. The summed E-state index contributed by atoms with van der Waals surface area (Å²) in [7, 11) is -2.38. The van der Waals surface area contributed by atoms with Crippen LogP contribution in [-0.2, 0) is 32.6 Å². The van der Waals surface area contributed by atoms with Crippen molar-refractivity contribution in [2.24, 2.45) is 0 Å². The highest BCUT2D eigenvalue weighted by Gasteiger charge is 2.33. The highest BCUT2D eigenvalue weighted by atomic mass is 79.9. The maximum atomic E-state index is 13.8. The first kappa shape index (κ1) is 27.3. The largest absolute Gasteiger partial charge is 0.357 e. The third kappa shape index (κ3) is 7.14. The Morgan fingerprint density at radius 2 is 1.56 bits per heavy atom. The summed E-state index contributed by atoms with van der Waals surface area (Å²) >= 11 is 3.35.